The molecule has 0 atom stereocenters. The van der Waals surface area contributed by atoms with Gasteiger partial charge in [-0.05, 0) is 112 Å². The number of carbonyl (C=O) groups is 1. The van der Waals surface area contributed by atoms with Gasteiger partial charge in [0.15, 0.2) is 0 Å². The lowest BCUT2D eigenvalue weighted by atomic mass is 9.96. The number of piperidine rings is 1. The fraction of sp³-hybridized carbons (Fsp3) is 0.455. The summed E-state index contributed by atoms with van der Waals surface area (Å²) in [6, 6.07) is 8.19. The van der Waals surface area contributed by atoms with E-state index in [0.29, 0.717) is 23.3 Å². The Labute approximate surface area is 233 Å². The van der Waals surface area contributed by atoms with Gasteiger partial charge in [-0.2, -0.15) is 0 Å². The molecule has 3 rings (SSSR count). The Kier molecular flexibility index (Phi) is 11.4. The average Bonchev–Trinajstić information content (AvgIpc) is 2.90. The van der Waals surface area contributed by atoms with Crippen LogP contribution in [0.5, 0.6) is 5.75 Å². The number of nitrogens with one attached hydrogen (secondary N) is 2. The van der Waals surface area contributed by atoms with E-state index < -0.39 is 0 Å². The van der Waals surface area contributed by atoms with E-state index >= 15 is 0 Å². The molecule has 2 heterocycles. The molecule has 6 heteroatoms. The topological polar surface area (TPSA) is 74.4 Å². The maximum absolute atomic E-state index is 13.2. The first kappa shape index (κ1) is 30.2. The van der Waals surface area contributed by atoms with Crippen LogP contribution in [0.15, 0.2) is 58.9 Å². The maximum atomic E-state index is 13.2. The number of allylic oxidation sites excluding steroid dienone is 3. The third-order valence-electron chi connectivity index (χ3n) is 7.24. The van der Waals surface area contributed by atoms with E-state index in [1.165, 1.54) is 32.4 Å². The number of hydrogen-bond donors (Lipinski definition) is 2. The van der Waals surface area contributed by atoms with E-state index in [9.17, 15) is 9.59 Å². The highest BCUT2D eigenvalue weighted by atomic mass is 16.5. The first-order valence-electron chi connectivity index (χ1n) is 14.3. The molecule has 0 spiro atoms. The smallest absolute Gasteiger partial charge is 0.253 e. The molecule has 1 aromatic carbocycles. The van der Waals surface area contributed by atoms with E-state index in [1.54, 1.807) is 0 Å². The molecule has 1 aliphatic heterocycles. The number of aromatic nitrogens is 1. The second-order valence-electron chi connectivity index (χ2n) is 10.5. The molecular formula is C33H45N3O3. The largest absolute Gasteiger partial charge is 0.492 e. The van der Waals surface area contributed by atoms with Gasteiger partial charge >= 0.3 is 0 Å². The maximum Gasteiger partial charge on any atom is 0.253 e. The number of aromatic amines is 1. The number of pyridine rings is 1. The van der Waals surface area contributed by atoms with Crippen LogP contribution in [0, 0.1) is 13.8 Å². The first-order valence-corrected chi connectivity index (χ1v) is 14.3. The Hall–Kier alpha value is -3.38. The number of hydrogen-bond acceptors (Lipinski definition) is 4. The van der Waals surface area contributed by atoms with Crippen molar-refractivity contribution in [1.29, 1.82) is 0 Å². The summed E-state index contributed by atoms with van der Waals surface area (Å²) in [5.41, 5.74) is 6.35. The lowest BCUT2D eigenvalue weighted by Gasteiger charge is -2.26. The predicted octanol–water partition coefficient (Wildman–Crippen LogP) is 6.03. The minimum Gasteiger partial charge on any atom is -0.492 e. The van der Waals surface area contributed by atoms with Gasteiger partial charge in [-0.1, -0.05) is 39.0 Å². The molecule has 1 saturated heterocycles. The van der Waals surface area contributed by atoms with E-state index in [4.69, 9.17) is 4.74 Å². The van der Waals surface area contributed by atoms with Gasteiger partial charge in [0, 0.05) is 29.9 Å². The van der Waals surface area contributed by atoms with Crippen molar-refractivity contribution < 1.29 is 9.53 Å². The van der Waals surface area contributed by atoms with E-state index in [2.05, 4.69) is 59.9 Å². The van der Waals surface area contributed by atoms with E-state index in [-0.39, 0.29) is 18.0 Å². The highest BCUT2D eigenvalue weighted by Crippen LogP contribution is 2.28. The second kappa shape index (κ2) is 14.7. The lowest BCUT2D eigenvalue weighted by molar-refractivity contribution is -0.117. The van der Waals surface area contributed by atoms with Crippen molar-refractivity contribution in [1.82, 2.24) is 15.2 Å². The van der Waals surface area contributed by atoms with Gasteiger partial charge in [-0.15, -0.1) is 0 Å². The highest BCUT2D eigenvalue weighted by molar-refractivity contribution is 6.00. The molecule has 1 aliphatic rings. The van der Waals surface area contributed by atoms with Crippen molar-refractivity contribution in [3.05, 3.63) is 92.4 Å². The van der Waals surface area contributed by atoms with Crippen molar-refractivity contribution in [2.45, 2.75) is 73.3 Å². The summed E-state index contributed by atoms with van der Waals surface area (Å²) in [7, 11) is 0. The Morgan fingerprint density at radius 3 is 2.54 bits per heavy atom. The zero-order valence-electron chi connectivity index (χ0n) is 24.4. The minimum atomic E-state index is -0.253. The molecule has 0 bridgehead atoms. The number of rotatable bonds is 12. The molecule has 1 fully saturated rings. The highest BCUT2D eigenvalue weighted by Gasteiger charge is 2.15. The summed E-state index contributed by atoms with van der Waals surface area (Å²) >= 11 is 0. The van der Waals surface area contributed by atoms with Crippen LogP contribution in [0.3, 0.4) is 0 Å². The summed E-state index contributed by atoms with van der Waals surface area (Å²) in [4.78, 5) is 30.9. The molecule has 1 aromatic heterocycles. The van der Waals surface area contributed by atoms with Gasteiger partial charge in [0.2, 0.25) is 0 Å². The summed E-state index contributed by atoms with van der Waals surface area (Å²) in [5.74, 6) is 0.673. The third kappa shape index (κ3) is 8.56. The summed E-state index contributed by atoms with van der Waals surface area (Å²) < 4.78 is 6.20. The van der Waals surface area contributed by atoms with Gasteiger partial charge in [0.1, 0.15) is 12.4 Å². The number of likely N-dealkylation sites (tertiary alicyclic amines) is 1. The summed E-state index contributed by atoms with van der Waals surface area (Å²) in [6.45, 7) is 18.0. The zero-order chi connectivity index (χ0) is 28.4. The number of H-pyrrole nitrogens is 1. The van der Waals surface area contributed by atoms with Gasteiger partial charge < -0.3 is 15.0 Å². The molecule has 2 aromatic rings. The van der Waals surface area contributed by atoms with Crippen molar-refractivity contribution in [2.75, 3.05) is 26.2 Å². The Morgan fingerprint density at radius 1 is 1.15 bits per heavy atom. The minimum absolute atomic E-state index is 0.154. The number of amides is 1. The quantitative estimate of drug-likeness (QED) is 0.259. The summed E-state index contributed by atoms with van der Waals surface area (Å²) in [6.07, 6.45) is 9.60. The molecule has 0 radical (unpaired) electrons. The van der Waals surface area contributed by atoms with Crippen LogP contribution in [-0.2, 0) is 17.8 Å². The number of aryl methyl sites for hydroxylation is 3. The second-order valence-corrected chi connectivity index (χ2v) is 10.5. The van der Waals surface area contributed by atoms with Gasteiger partial charge in [-0.25, -0.2) is 0 Å². The molecule has 6 nitrogen and oxygen atoms in total. The van der Waals surface area contributed by atoms with Gasteiger partial charge in [0.25, 0.3) is 11.5 Å². The van der Waals surface area contributed by atoms with Crippen LogP contribution in [0.4, 0.5) is 0 Å². The predicted molar refractivity (Wildman–Crippen MR) is 161 cm³/mol. The van der Waals surface area contributed by atoms with Crippen molar-refractivity contribution in [2.24, 2.45) is 0 Å². The lowest BCUT2D eigenvalue weighted by Crippen LogP contribution is -2.33. The van der Waals surface area contributed by atoms with Crippen LogP contribution >= 0.6 is 0 Å². The molecular weight excluding hydrogens is 486 g/mol. The Morgan fingerprint density at radius 2 is 1.90 bits per heavy atom. The van der Waals surface area contributed by atoms with Crippen molar-refractivity contribution in [3.63, 3.8) is 0 Å². The third-order valence-corrected chi connectivity index (χ3v) is 7.24. The molecule has 210 valence electrons. The van der Waals surface area contributed by atoms with Crippen molar-refractivity contribution in [3.8, 4) is 5.75 Å². The fourth-order valence-corrected chi connectivity index (χ4v) is 5.03. The molecule has 2 N–H and O–H groups in total. The SMILES string of the molecule is C=C(C)/C(=C\C(=C/CC)c1ccc(OCCN2CCCCC2)c(CC)c1)C(=O)NCc1c(C)cc(C)[nH]c1=O. The normalized spacial score (nSPS) is 14.8. The van der Waals surface area contributed by atoms with Crippen LogP contribution in [0.2, 0.25) is 0 Å². The summed E-state index contributed by atoms with van der Waals surface area (Å²) in [5, 5.41) is 2.92. The molecule has 39 heavy (non-hydrogen) atoms. The first-order chi connectivity index (χ1) is 18.7. The van der Waals surface area contributed by atoms with Crippen LogP contribution in [0.25, 0.3) is 5.57 Å². The van der Waals surface area contributed by atoms with Crippen LogP contribution in [0.1, 0.15) is 74.4 Å². The zero-order valence-corrected chi connectivity index (χ0v) is 24.4. The number of nitrogens with zero attached hydrogens (tertiary/aromatic N) is 1. The molecule has 1 amide bonds. The van der Waals surface area contributed by atoms with Gasteiger partial charge in [-0.3, -0.25) is 14.5 Å². The number of benzene rings is 1. The molecule has 0 unspecified atom stereocenters. The average molecular weight is 532 g/mol. The van der Waals surface area contributed by atoms with Crippen molar-refractivity contribution >= 4 is 11.5 Å². The Bertz CT molecular complexity index is 1280. The van der Waals surface area contributed by atoms with Crippen LogP contribution < -0.4 is 15.6 Å². The fourth-order valence-electron chi connectivity index (χ4n) is 5.03. The van der Waals surface area contributed by atoms with Crippen LogP contribution in [-0.4, -0.2) is 42.0 Å². The van der Waals surface area contributed by atoms with E-state index in [1.807, 2.05) is 32.9 Å². The molecule has 0 aliphatic carbocycles. The van der Waals surface area contributed by atoms with E-state index in [0.717, 1.165) is 53.1 Å². The number of ether oxygens (including phenoxy) is 1. The molecule has 0 saturated carbocycles. The Balaban J connectivity index is 1.77. The number of carbonyl (C=O) groups excluding carboxylic acids is 1. The van der Waals surface area contributed by atoms with Gasteiger partial charge in [0.05, 0.1) is 0 Å². The monoisotopic (exact) mass is 531 g/mol. The standard InChI is InChI=1S/C33H45N3O3/c1-7-12-27(21-29(23(3)4)32(37)34-22-30-24(5)19-25(6)35-33(30)38)28-13-14-31(26(8-2)20-28)39-18-17-36-15-10-9-11-16-36/h12-14,19-21H,3,7-11,15-18,22H2,1-2,4-6H3,(H,34,37)(H,35,38)/b27-12+,29-21+.